The monoisotopic (exact) mass is 385 g/mol. The number of likely N-dealkylation sites (tertiary alicyclic amines) is 1. The van der Waals surface area contributed by atoms with E-state index in [9.17, 15) is 4.79 Å². The smallest absolute Gasteiger partial charge is 0.245 e. The van der Waals surface area contributed by atoms with Crippen LogP contribution in [0.15, 0.2) is 4.63 Å². The first kappa shape index (κ1) is 17.6. The predicted molar refractivity (Wildman–Crippen MR) is 104 cm³/mol. The number of aromatic nitrogens is 4. The molecule has 2 aromatic rings. The lowest BCUT2D eigenvalue weighted by atomic mass is 9.97. The highest BCUT2D eigenvalue weighted by atomic mass is 16.6. The molecule has 0 radical (unpaired) electrons. The van der Waals surface area contributed by atoms with E-state index in [1.165, 1.54) is 19.3 Å². The third-order valence-electron chi connectivity index (χ3n) is 6.20. The molecule has 1 amide bonds. The minimum atomic E-state index is 0.306. The Morgan fingerprint density at radius 1 is 0.857 bits per heavy atom. The van der Waals surface area contributed by atoms with Crippen LogP contribution in [0.25, 0.3) is 11.3 Å². The molecule has 0 spiro atoms. The molecule has 3 aliphatic heterocycles. The summed E-state index contributed by atoms with van der Waals surface area (Å²) in [6, 6.07) is 0. The Balaban J connectivity index is 1.41. The molecule has 9 nitrogen and oxygen atoms in total. The zero-order valence-electron chi connectivity index (χ0n) is 16.2. The summed E-state index contributed by atoms with van der Waals surface area (Å²) in [7, 11) is 0. The Morgan fingerprint density at radius 2 is 1.57 bits per heavy atom. The molecule has 3 fully saturated rings. The molecule has 0 aliphatic carbocycles. The fourth-order valence-corrected chi connectivity index (χ4v) is 4.77. The molecule has 0 aromatic carbocycles. The Kier molecular flexibility index (Phi) is 4.74. The van der Waals surface area contributed by atoms with Gasteiger partial charge in [0.15, 0.2) is 11.6 Å². The number of hydrogen-bond acceptors (Lipinski definition) is 8. The molecule has 0 bridgehead atoms. The minimum absolute atomic E-state index is 0.306. The van der Waals surface area contributed by atoms with Gasteiger partial charge in [-0.05, 0) is 54.8 Å². The lowest BCUT2D eigenvalue weighted by Crippen LogP contribution is -2.43. The van der Waals surface area contributed by atoms with Gasteiger partial charge in [-0.1, -0.05) is 0 Å². The van der Waals surface area contributed by atoms with E-state index in [2.05, 4.69) is 20.1 Å². The number of fused-ring (bicyclic) bond motifs is 1. The Bertz CT molecular complexity index is 848. The molecule has 0 unspecified atom stereocenters. The molecule has 5 rings (SSSR count). The summed E-state index contributed by atoms with van der Waals surface area (Å²) < 4.78 is 4.87. The molecule has 2 aromatic heterocycles. The number of nitrogens with zero attached hydrogens (tertiary/aromatic N) is 7. The van der Waals surface area contributed by atoms with Gasteiger partial charge in [-0.25, -0.2) is 14.6 Å². The van der Waals surface area contributed by atoms with Gasteiger partial charge in [0.2, 0.25) is 17.2 Å². The van der Waals surface area contributed by atoms with Crippen molar-refractivity contribution in [3.8, 4) is 0 Å². The summed E-state index contributed by atoms with van der Waals surface area (Å²) in [4.78, 5) is 28.3. The van der Waals surface area contributed by atoms with Crippen LogP contribution < -0.4 is 9.80 Å². The first-order valence-electron chi connectivity index (χ1n) is 10.6. The van der Waals surface area contributed by atoms with E-state index in [0.29, 0.717) is 29.5 Å². The summed E-state index contributed by atoms with van der Waals surface area (Å²) in [5.41, 5.74) is 0.938. The van der Waals surface area contributed by atoms with Gasteiger partial charge in [0.05, 0.1) is 0 Å². The van der Waals surface area contributed by atoms with Crippen molar-refractivity contribution in [2.75, 3.05) is 49.1 Å². The zero-order valence-corrected chi connectivity index (χ0v) is 16.2. The van der Waals surface area contributed by atoms with Crippen molar-refractivity contribution in [3.63, 3.8) is 0 Å². The maximum atomic E-state index is 12.0. The Labute approximate surface area is 164 Å². The van der Waals surface area contributed by atoms with Crippen molar-refractivity contribution in [3.05, 3.63) is 0 Å². The maximum absolute atomic E-state index is 12.0. The molecule has 0 N–H and O–H groups in total. The molecule has 3 aliphatic rings. The van der Waals surface area contributed by atoms with Crippen molar-refractivity contribution in [1.82, 2.24) is 25.2 Å². The maximum Gasteiger partial charge on any atom is 0.245 e. The molecule has 9 heteroatoms. The van der Waals surface area contributed by atoms with Crippen LogP contribution in [-0.2, 0) is 4.79 Å². The van der Waals surface area contributed by atoms with E-state index in [0.717, 1.165) is 70.2 Å². The Morgan fingerprint density at radius 3 is 2.29 bits per heavy atom. The number of piperidine rings is 2. The van der Waals surface area contributed by atoms with Crippen LogP contribution in [0.5, 0.6) is 0 Å². The summed E-state index contributed by atoms with van der Waals surface area (Å²) in [5, 5.41) is 7.82. The fraction of sp³-hybridized carbons (Fsp3) is 0.737. The largest absolute Gasteiger partial charge is 0.353 e. The van der Waals surface area contributed by atoms with Crippen molar-refractivity contribution < 1.29 is 9.42 Å². The van der Waals surface area contributed by atoms with Crippen molar-refractivity contribution in [1.29, 1.82) is 0 Å². The van der Waals surface area contributed by atoms with Crippen LogP contribution in [0.3, 0.4) is 0 Å². The van der Waals surface area contributed by atoms with Gasteiger partial charge >= 0.3 is 0 Å². The molecule has 1 atom stereocenters. The van der Waals surface area contributed by atoms with Gasteiger partial charge in [-0.3, -0.25) is 4.79 Å². The number of carbonyl (C=O) groups excluding carboxylic acids is 1. The summed E-state index contributed by atoms with van der Waals surface area (Å²) in [6.45, 7) is 5.61. The van der Waals surface area contributed by atoms with Gasteiger partial charge in [0.1, 0.15) is 0 Å². The van der Waals surface area contributed by atoms with Crippen LogP contribution in [0.1, 0.15) is 44.9 Å². The third-order valence-corrected chi connectivity index (χ3v) is 6.20. The molecular formula is C19H27N7O2. The van der Waals surface area contributed by atoms with Gasteiger partial charge in [-0.2, -0.15) is 0 Å². The van der Waals surface area contributed by atoms with E-state index in [1.807, 2.05) is 4.90 Å². The average molecular weight is 385 g/mol. The van der Waals surface area contributed by atoms with Gasteiger partial charge < -0.3 is 14.7 Å². The zero-order chi connectivity index (χ0) is 18.9. The standard InChI is InChI=1S/C19H27N7O2/c27-15-7-5-10-25(15)12-14-6-4-11-26(13-14)19-18(24-8-2-1-3-9-24)20-16-17(21-19)23-28-22-16/h14H,1-13H2/t14-/m0/s1. The normalized spacial score (nSPS) is 23.8. The number of anilines is 2. The van der Waals surface area contributed by atoms with Gasteiger partial charge in [0, 0.05) is 45.7 Å². The van der Waals surface area contributed by atoms with E-state index in [4.69, 9.17) is 14.6 Å². The lowest BCUT2D eigenvalue weighted by Gasteiger charge is -2.37. The minimum Gasteiger partial charge on any atom is -0.353 e. The summed E-state index contributed by atoms with van der Waals surface area (Å²) >= 11 is 0. The van der Waals surface area contributed by atoms with Crippen LogP contribution in [0.2, 0.25) is 0 Å². The topological polar surface area (TPSA) is 91.5 Å². The van der Waals surface area contributed by atoms with E-state index < -0.39 is 0 Å². The Hall–Kier alpha value is -2.45. The molecule has 28 heavy (non-hydrogen) atoms. The van der Waals surface area contributed by atoms with E-state index in [-0.39, 0.29) is 0 Å². The average Bonchev–Trinajstić information content (AvgIpc) is 3.36. The second kappa shape index (κ2) is 7.52. The van der Waals surface area contributed by atoms with Crippen molar-refractivity contribution >= 4 is 28.8 Å². The molecule has 0 saturated carbocycles. The van der Waals surface area contributed by atoms with Gasteiger partial charge in [-0.15, -0.1) is 0 Å². The molecular weight excluding hydrogens is 358 g/mol. The number of rotatable bonds is 4. The van der Waals surface area contributed by atoms with Crippen LogP contribution >= 0.6 is 0 Å². The van der Waals surface area contributed by atoms with Crippen LogP contribution in [-0.4, -0.2) is 70.4 Å². The van der Waals surface area contributed by atoms with Crippen molar-refractivity contribution in [2.45, 2.75) is 44.9 Å². The van der Waals surface area contributed by atoms with E-state index in [1.54, 1.807) is 0 Å². The van der Waals surface area contributed by atoms with Gasteiger partial charge in [0.25, 0.3) is 0 Å². The number of carbonyl (C=O) groups is 1. The molecule has 5 heterocycles. The highest BCUT2D eigenvalue weighted by Gasteiger charge is 2.30. The highest BCUT2D eigenvalue weighted by molar-refractivity contribution is 5.78. The van der Waals surface area contributed by atoms with Crippen LogP contribution in [0, 0.1) is 5.92 Å². The van der Waals surface area contributed by atoms with E-state index >= 15 is 0 Å². The number of amides is 1. The highest BCUT2D eigenvalue weighted by Crippen LogP contribution is 2.32. The van der Waals surface area contributed by atoms with Crippen LogP contribution in [0.4, 0.5) is 11.6 Å². The SMILES string of the molecule is O=C1CCCN1C[C@@H]1CCCN(c2nc3nonc3nc2N2CCCCC2)C1. The quantitative estimate of drug-likeness (QED) is 0.787. The first-order valence-corrected chi connectivity index (χ1v) is 10.6. The number of hydrogen-bond donors (Lipinski definition) is 0. The predicted octanol–water partition coefficient (Wildman–Crippen LogP) is 1.84. The second-order valence-corrected chi connectivity index (χ2v) is 8.23. The molecule has 3 saturated heterocycles. The summed E-state index contributed by atoms with van der Waals surface area (Å²) in [5.74, 6) is 2.57. The second-order valence-electron chi connectivity index (χ2n) is 8.23. The van der Waals surface area contributed by atoms with Crippen molar-refractivity contribution in [2.24, 2.45) is 5.92 Å². The third kappa shape index (κ3) is 3.38. The first-order chi connectivity index (χ1) is 13.8. The summed E-state index contributed by atoms with van der Waals surface area (Å²) in [6.07, 6.45) is 7.57. The lowest BCUT2D eigenvalue weighted by molar-refractivity contribution is -0.128. The molecule has 150 valence electrons. The fourth-order valence-electron chi connectivity index (χ4n) is 4.77.